The van der Waals surface area contributed by atoms with Gasteiger partial charge >= 0.3 is 0 Å². The summed E-state index contributed by atoms with van der Waals surface area (Å²) in [4.78, 5) is 13.0. The standard InChI is InChI=1S/C54H32N4O/c1-2-15-37(16-3-1)57-44-21-8-6-18-40(44)43-32-36(27-30-45(43)57)51-53-52(41-19-7-9-23-48(41)59-53)56-54(55-51)35-24-28-38(29-25-35)58-46-22-11-14-34-13-10-20-42(49(34)46)50-39-17-5-4-12-33(39)26-31-47(50)58/h1-32H. The van der Waals surface area contributed by atoms with E-state index in [0.29, 0.717) is 11.4 Å². The quantitative estimate of drug-likeness (QED) is 0.180. The summed E-state index contributed by atoms with van der Waals surface area (Å²) in [6.07, 6.45) is 0. The molecule has 0 aliphatic carbocycles. The van der Waals surface area contributed by atoms with Gasteiger partial charge in [-0.05, 0) is 101 Å². The van der Waals surface area contributed by atoms with Crippen molar-refractivity contribution in [3.8, 4) is 39.5 Å². The van der Waals surface area contributed by atoms with E-state index in [1.807, 2.05) is 18.2 Å². The van der Waals surface area contributed by atoms with Crippen molar-refractivity contribution in [2.75, 3.05) is 4.90 Å². The Bertz CT molecular complexity index is 3670. The van der Waals surface area contributed by atoms with Gasteiger partial charge in [-0.25, -0.2) is 9.97 Å². The number of aromatic nitrogens is 3. The summed E-state index contributed by atoms with van der Waals surface area (Å²) in [6.45, 7) is 0. The summed E-state index contributed by atoms with van der Waals surface area (Å²) in [6, 6.07) is 69.1. The number of anilines is 3. The minimum Gasteiger partial charge on any atom is -0.452 e. The first-order valence-corrected chi connectivity index (χ1v) is 20.0. The summed E-state index contributed by atoms with van der Waals surface area (Å²) in [5.41, 5.74) is 14.3. The Balaban J connectivity index is 0.990. The molecule has 0 saturated carbocycles. The molecular weight excluding hydrogens is 721 g/mol. The van der Waals surface area contributed by atoms with Crippen molar-refractivity contribution >= 4 is 82.5 Å². The number of fused-ring (bicyclic) bond motifs is 10. The van der Waals surface area contributed by atoms with E-state index in [9.17, 15) is 0 Å². The molecular formula is C54H32N4O. The predicted octanol–water partition coefficient (Wildman–Crippen LogP) is 14.6. The molecule has 0 atom stereocenters. The van der Waals surface area contributed by atoms with Gasteiger partial charge in [-0.2, -0.15) is 0 Å². The topological polar surface area (TPSA) is 47.1 Å². The molecule has 0 radical (unpaired) electrons. The highest BCUT2D eigenvalue weighted by atomic mass is 16.3. The molecule has 5 nitrogen and oxygen atoms in total. The summed E-state index contributed by atoms with van der Waals surface area (Å²) < 4.78 is 8.92. The highest BCUT2D eigenvalue weighted by molar-refractivity contribution is 6.19. The Morgan fingerprint density at radius 1 is 0.441 bits per heavy atom. The van der Waals surface area contributed by atoms with Crippen LogP contribution >= 0.6 is 0 Å². The molecule has 0 bridgehead atoms. The van der Waals surface area contributed by atoms with E-state index in [1.165, 1.54) is 43.7 Å². The maximum atomic E-state index is 6.58. The molecule has 4 heterocycles. The highest BCUT2D eigenvalue weighted by Gasteiger charge is 2.28. The molecule has 0 N–H and O–H groups in total. The maximum Gasteiger partial charge on any atom is 0.180 e. The first kappa shape index (κ1) is 32.1. The number of benzene rings is 9. The first-order chi connectivity index (χ1) is 29.3. The van der Waals surface area contributed by atoms with Crippen molar-refractivity contribution in [3.05, 3.63) is 194 Å². The second-order valence-electron chi connectivity index (χ2n) is 15.3. The third kappa shape index (κ3) is 4.67. The summed E-state index contributed by atoms with van der Waals surface area (Å²) >= 11 is 0. The molecule has 12 aromatic rings. The average Bonchev–Trinajstić information content (AvgIpc) is 3.85. The van der Waals surface area contributed by atoms with E-state index < -0.39 is 0 Å². The van der Waals surface area contributed by atoms with E-state index in [2.05, 4.69) is 185 Å². The van der Waals surface area contributed by atoms with Crippen LogP contribution in [0.4, 0.5) is 17.1 Å². The zero-order valence-electron chi connectivity index (χ0n) is 31.7. The molecule has 13 rings (SSSR count). The molecule has 3 aromatic heterocycles. The number of hydrogen-bond donors (Lipinski definition) is 0. The van der Waals surface area contributed by atoms with Crippen LogP contribution in [0.5, 0.6) is 0 Å². The van der Waals surface area contributed by atoms with Crippen LogP contribution in [0.15, 0.2) is 199 Å². The van der Waals surface area contributed by atoms with Crippen molar-refractivity contribution in [2.45, 2.75) is 0 Å². The van der Waals surface area contributed by atoms with Crippen LogP contribution in [0.25, 0.3) is 105 Å². The largest absolute Gasteiger partial charge is 0.452 e. The third-order valence-corrected chi connectivity index (χ3v) is 12.1. The fourth-order valence-electron chi connectivity index (χ4n) is 9.50. The van der Waals surface area contributed by atoms with Crippen LogP contribution in [0.3, 0.4) is 0 Å². The van der Waals surface area contributed by atoms with Gasteiger partial charge in [0.2, 0.25) is 0 Å². The van der Waals surface area contributed by atoms with Crippen LogP contribution in [-0.2, 0) is 0 Å². The Morgan fingerprint density at radius 3 is 2.03 bits per heavy atom. The van der Waals surface area contributed by atoms with Crippen molar-refractivity contribution in [1.82, 2.24) is 14.5 Å². The molecule has 0 amide bonds. The molecule has 1 aliphatic rings. The van der Waals surface area contributed by atoms with Gasteiger partial charge in [0.15, 0.2) is 11.4 Å². The lowest BCUT2D eigenvalue weighted by atomic mass is 9.87. The molecule has 59 heavy (non-hydrogen) atoms. The second-order valence-corrected chi connectivity index (χ2v) is 15.3. The fraction of sp³-hybridized carbons (Fsp3) is 0. The zero-order chi connectivity index (χ0) is 38.6. The Morgan fingerprint density at radius 2 is 1.15 bits per heavy atom. The maximum absolute atomic E-state index is 6.58. The minimum absolute atomic E-state index is 0.648. The van der Waals surface area contributed by atoms with Crippen molar-refractivity contribution in [3.63, 3.8) is 0 Å². The number of furan rings is 1. The predicted molar refractivity (Wildman–Crippen MR) is 243 cm³/mol. The Hall–Kier alpha value is -8.02. The Kier molecular flexibility index (Phi) is 6.66. The van der Waals surface area contributed by atoms with Crippen LogP contribution in [-0.4, -0.2) is 14.5 Å². The molecule has 5 heteroatoms. The van der Waals surface area contributed by atoms with Crippen LogP contribution in [0.2, 0.25) is 0 Å². The van der Waals surface area contributed by atoms with Crippen molar-refractivity contribution in [1.29, 1.82) is 0 Å². The second kappa shape index (κ2) is 12.2. The van der Waals surface area contributed by atoms with Crippen LogP contribution in [0, 0.1) is 0 Å². The van der Waals surface area contributed by atoms with E-state index in [4.69, 9.17) is 14.4 Å². The number of para-hydroxylation sites is 3. The number of hydrogen-bond acceptors (Lipinski definition) is 4. The number of rotatable bonds is 4. The van der Waals surface area contributed by atoms with E-state index >= 15 is 0 Å². The molecule has 1 aliphatic heterocycles. The van der Waals surface area contributed by atoms with Gasteiger partial charge in [0.05, 0.1) is 22.4 Å². The van der Waals surface area contributed by atoms with Gasteiger partial charge in [0.1, 0.15) is 16.8 Å². The molecule has 0 spiro atoms. The lowest BCUT2D eigenvalue weighted by Crippen LogP contribution is -2.15. The lowest BCUT2D eigenvalue weighted by molar-refractivity contribution is 0.667. The molecule has 0 fully saturated rings. The Labute approximate surface area is 338 Å². The van der Waals surface area contributed by atoms with Gasteiger partial charge < -0.3 is 13.9 Å². The van der Waals surface area contributed by atoms with Gasteiger partial charge in [-0.15, -0.1) is 0 Å². The van der Waals surface area contributed by atoms with Crippen molar-refractivity contribution < 1.29 is 4.42 Å². The molecule has 0 saturated heterocycles. The lowest BCUT2D eigenvalue weighted by Gasteiger charge is -2.34. The summed E-state index contributed by atoms with van der Waals surface area (Å²) in [5, 5.41) is 8.27. The average molecular weight is 753 g/mol. The normalized spacial score (nSPS) is 12.4. The van der Waals surface area contributed by atoms with Gasteiger partial charge in [0, 0.05) is 49.6 Å². The van der Waals surface area contributed by atoms with E-state index in [-0.39, 0.29) is 0 Å². The molecule has 9 aromatic carbocycles. The van der Waals surface area contributed by atoms with Crippen LogP contribution < -0.4 is 4.90 Å². The SMILES string of the molecule is c1ccc(-n2c3ccccc3c3cc(-c4nc(-c5ccc(N6c7ccc8ccccc8c7-c7cccc8cccc6c78)cc5)nc5c4oc4ccccc45)ccc32)cc1. The molecule has 274 valence electrons. The van der Waals surface area contributed by atoms with Gasteiger partial charge in [-0.1, -0.05) is 115 Å². The highest BCUT2D eigenvalue weighted by Crippen LogP contribution is 2.53. The molecule has 0 unspecified atom stereocenters. The monoisotopic (exact) mass is 752 g/mol. The zero-order valence-corrected chi connectivity index (χ0v) is 31.7. The first-order valence-electron chi connectivity index (χ1n) is 20.0. The van der Waals surface area contributed by atoms with Crippen LogP contribution in [0.1, 0.15) is 0 Å². The van der Waals surface area contributed by atoms with Crippen molar-refractivity contribution in [2.24, 2.45) is 0 Å². The third-order valence-electron chi connectivity index (χ3n) is 12.1. The minimum atomic E-state index is 0.648. The van der Waals surface area contributed by atoms with Gasteiger partial charge in [0.25, 0.3) is 0 Å². The smallest absolute Gasteiger partial charge is 0.180 e. The fourth-order valence-corrected chi connectivity index (χ4v) is 9.50. The summed E-state index contributed by atoms with van der Waals surface area (Å²) in [5.74, 6) is 0.648. The van der Waals surface area contributed by atoms with E-state index in [0.717, 1.165) is 66.8 Å². The summed E-state index contributed by atoms with van der Waals surface area (Å²) in [7, 11) is 0. The van der Waals surface area contributed by atoms with E-state index in [1.54, 1.807) is 0 Å². The number of nitrogens with zero attached hydrogens (tertiary/aromatic N) is 4. The van der Waals surface area contributed by atoms with Gasteiger partial charge in [-0.3, -0.25) is 0 Å².